The normalized spacial score (nSPS) is 10.3. The first-order valence-electron chi connectivity index (χ1n) is 10.4. The molecule has 0 atom stereocenters. The number of aryl methyl sites for hydroxylation is 1. The van der Waals surface area contributed by atoms with Gasteiger partial charge in [0.1, 0.15) is 0 Å². The molecule has 0 aliphatic carbocycles. The molecule has 0 saturated carbocycles. The number of nitrogens with one attached hydrogen (secondary N) is 1. The Bertz CT molecular complexity index is 1400. The van der Waals surface area contributed by atoms with Crippen LogP contribution in [-0.4, -0.2) is 26.1 Å². The molecule has 5 aromatic rings. The lowest BCUT2D eigenvalue weighted by atomic mass is 10.1. The van der Waals surface area contributed by atoms with Gasteiger partial charge in [-0.1, -0.05) is 54.5 Å². The number of aromatic nitrogens is 4. The summed E-state index contributed by atoms with van der Waals surface area (Å²) in [5.74, 6) is 8.71. The Labute approximate surface area is 198 Å². The van der Waals surface area contributed by atoms with E-state index in [9.17, 15) is 0 Å². The van der Waals surface area contributed by atoms with Crippen molar-refractivity contribution in [3.63, 3.8) is 0 Å². The third-order valence-corrected chi connectivity index (χ3v) is 5.10. The van der Waals surface area contributed by atoms with E-state index in [-0.39, 0.29) is 12.4 Å². The summed E-state index contributed by atoms with van der Waals surface area (Å²) < 4.78 is 7.47. The monoisotopic (exact) mass is 455 g/mol. The third-order valence-electron chi connectivity index (χ3n) is 5.10. The molecule has 0 spiro atoms. The zero-order valence-electron chi connectivity index (χ0n) is 18.0. The molecule has 164 valence electrons. The van der Waals surface area contributed by atoms with Gasteiger partial charge in [0.05, 0.1) is 6.26 Å². The summed E-state index contributed by atoms with van der Waals surface area (Å²) in [5.41, 5.74) is 3.56. The van der Waals surface area contributed by atoms with Gasteiger partial charge in [-0.2, -0.15) is 0 Å². The van der Waals surface area contributed by atoms with Crippen molar-refractivity contribution in [1.82, 2.24) is 19.5 Å². The van der Waals surface area contributed by atoms with E-state index in [0.717, 1.165) is 12.0 Å². The van der Waals surface area contributed by atoms with Crippen molar-refractivity contribution in [1.29, 1.82) is 0 Å². The van der Waals surface area contributed by atoms with E-state index in [1.807, 2.05) is 72.3 Å². The van der Waals surface area contributed by atoms with Gasteiger partial charge in [0, 0.05) is 19.2 Å². The van der Waals surface area contributed by atoms with Crippen molar-refractivity contribution in [2.75, 3.05) is 11.9 Å². The fourth-order valence-corrected chi connectivity index (χ4v) is 3.49. The molecule has 2 aromatic carbocycles. The topological polar surface area (TPSA) is 68.8 Å². The SMILES string of the molecule is Cl.Cn1c(-c2ccco2)nc2c(NCCc3ccccc3)nc(C#Cc3ccccc3)nc21. The van der Waals surface area contributed by atoms with Gasteiger partial charge in [0.15, 0.2) is 28.6 Å². The molecular formula is C26H22ClN5O. The molecule has 0 amide bonds. The number of hydrogen-bond donors (Lipinski definition) is 1. The summed E-state index contributed by atoms with van der Waals surface area (Å²) in [6, 6.07) is 23.9. The molecule has 0 aliphatic rings. The fourth-order valence-electron chi connectivity index (χ4n) is 3.49. The fraction of sp³-hybridized carbons (Fsp3) is 0.115. The van der Waals surface area contributed by atoms with Crippen molar-refractivity contribution >= 4 is 29.4 Å². The predicted octanol–water partition coefficient (Wildman–Crippen LogP) is 5.10. The first-order valence-corrected chi connectivity index (χ1v) is 10.4. The number of nitrogens with zero attached hydrogens (tertiary/aromatic N) is 4. The average molecular weight is 456 g/mol. The van der Waals surface area contributed by atoms with Crippen LogP contribution in [0.25, 0.3) is 22.7 Å². The summed E-state index contributed by atoms with van der Waals surface area (Å²) in [4.78, 5) is 14.1. The minimum atomic E-state index is 0. The first-order chi connectivity index (χ1) is 15.8. The maximum atomic E-state index is 5.56. The molecule has 1 N–H and O–H groups in total. The van der Waals surface area contributed by atoms with E-state index in [2.05, 4.69) is 39.3 Å². The molecule has 6 nitrogen and oxygen atoms in total. The van der Waals surface area contributed by atoms with Crippen LogP contribution in [0.2, 0.25) is 0 Å². The zero-order chi connectivity index (χ0) is 21.8. The van der Waals surface area contributed by atoms with Crippen LogP contribution >= 0.6 is 12.4 Å². The number of furan rings is 1. The molecular weight excluding hydrogens is 434 g/mol. The summed E-state index contributed by atoms with van der Waals surface area (Å²) >= 11 is 0. The van der Waals surface area contributed by atoms with Gasteiger partial charge in [-0.05, 0) is 42.2 Å². The number of rotatable bonds is 5. The largest absolute Gasteiger partial charge is 0.461 e. The molecule has 3 aromatic heterocycles. The Morgan fingerprint density at radius 2 is 1.64 bits per heavy atom. The molecule has 3 heterocycles. The van der Waals surface area contributed by atoms with E-state index in [0.29, 0.717) is 40.9 Å². The van der Waals surface area contributed by atoms with E-state index in [4.69, 9.17) is 9.40 Å². The lowest BCUT2D eigenvalue weighted by Crippen LogP contribution is -2.08. The van der Waals surface area contributed by atoms with Gasteiger partial charge in [0.25, 0.3) is 0 Å². The number of fused-ring (bicyclic) bond motifs is 1. The minimum absolute atomic E-state index is 0. The molecule has 0 saturated heterocycles. The predicted molar refractivity (Wildman–Crippen MR) is 132 cm³/mol. The van der Waals surface area contributed by atoms with Gasteiger partial charge in [0.2, 0.25) is 5.82 Å². The standard InChI is InChI=1S/C26H21N5O.ClH/c1-31-25(21-13-8-18-32-21)30-23-24(27-17-16-20-11-6-3-7-12-20)28-22(29-26(23)31)15-14-19-9-4-2-5-10-19;/h2-13,18H,16-17H2,1H3,(H,27,28,29);1H. The number of anilines is 1. The summed E-state index contributed by atoms with van der Waals surface area (Å²) in [7, 11) is 1.92. The van der Waals surface area contributed by atoms with Gasteiger partial charge < -0.3 is 14.3 Å². The molecule has 0 radical (unpaired) electrons. The lowest BCUT2D eigenvalue weighted by molar-refractivity contribution is 0.574. The van der Waals surface area contributed by atoms with Crippen LogP contribution in [0.3, 0.4) is 0 Å². The number of benzene rings is 2. The Morgan fingerprint density at radius 3 is 2.36 bits per heavy atom. The van der Waals surface area contributed by atoms with Crippen LogP contribution in [0.5, 0.6) is 0 Å². The average Bonchev–Trinajstić information content (AvgIpc) is 3.48. The van der Waals surface area contributed by atoms with E-state index < -0.39 is 0 Å². The Morgan fingerprint density at radius 1 is 0.879 bits per heavy atom. The van der Waals surface area contributed by atoms with Gasteiger partial charge >= 0.3 is 0 Å². The highest BCUT2D eigenvalue weighted by molar-refractivity contribution is 5.86. The molecule has 0 fully saturated rings. The highest BCUT2D eigenvalue weighted by Gasteiger charge is 2.18. The van der Waals surface area contributed by atoms with Crippen LogP contribution < -0.4 is 5.32 Å². The van der Waals surface area contributed by atoms with Crippen LogP contribution in [0.4, 0.5) is 5.82 Å². The summed E-state index contributed by atoms with van der Waals surface area (Å²) in [6.07, 6.45) is 2.51. The van der Waals surface area contributed by atoms with Crippen molar-refractivity contribution < 1.29 is 4.42 Å². The quantitative estimate of drug-likeness (QED) is 0.373. The number of hydrogen-bond acceptors (Lipinski definition) is 5. The van der Waals surface area contributed by atoms with E-state index in [1.54, 1.807) is 6.26 Å². The maximum Gasteiger partial charge on any atom is 0.209 e. The highest BCUT2D eigenvalue weighted by Crippen LogP contribution is 2.26. The Kier molecular flexibility index (Phi) is 6.72. The van der Waals surface area contributed by atoms with Crippen LogP contribution in [0.1, 0.15) is 17.0 Å². The van der Waals surface area contributed by atoms with Crippen molar-refractivity contribution in [3.8, 4) is 23.4 Å². The van der Waals surface area contributed by atoms with Crippen molar-refractivity contribution in [2.24, 2.45) is 7.05 Å². The van der Waals surface area contributed by atoms with Crippen LogP contribution in [0, 0.1) is 11.8 Å². The third kappa shape index (κ3) is 4.89. The Hall–Kier alpha value is -4.08. The first kappa shape index (κ1) is 22.1. The lowest BCUT2D eigenvalue weighted by Gasteiger charge is -2.07. The molecule has 0 bridgehead atoms. The smallest absolute Gasteiger partial charge is 0.209 e. The van der Waals surface area contributed by atoms with Crippen molar-refractivity contribution in [2.45, 2.75) is 6.42 Å². The van der Waals surface area contributed by atoms with Crippen LogP contribution in [0.15, 0.2) is 83.5 Å². The molecule has 33 heavy (non-hydrogen) atoms. The van der Waals surface area contributed by atoms with Crippen molar-refractivity contribution in [3.05, 3.63) is 96.0 Å². The second kappa shape index (κ2) is 10.0. The second-order valence-corrected chi connectivity index (χ2v) is 7.32. The van der Waals surface area contributed by atoms with E-state index in [1.165, 1.54) is 5.56 Å². The van der Waals surface area contributed by atoms with E-state index >= 15 is 0 Å². The summed E-state index contributed by atoms with van der Waals surface area (Å²) in [5, 5.41) is 3.44. The molecule has 0 unspecified atom stereocenters. The molecule has 7 heteroatoms. The van der Waals surface area contributed by atoms with Crippen LogP contribution in [-0.2, 0) is 13.5 Å². The van der Waals surface area contributed by atoms with Gasteiger partial charge in [-0.15, -0.1) is 12.4 Å². The number of halogens is 1. The molecule has 5 rings (SSSR count). The second-order valence-electron chi connectivity index (χ2n) is 7.32. The molecule has 0 aliphatic heterocycles. The Balaban J connectivity index is 0.00000259. The number of imidazole rings is 1. The zero-order valence-corrected chi connectivity index (χ0v) is 18.8. The summed E-state index contributed by atoms with van der Waals surface area (Å²) in [6.45, 7) is 0.717. The van der Waals surface area contributed by atoms with Gasteiger partial charge in [-0.3, -0.25) is 0 Å². The minimum Gasteiger partial charge on any atom is -0.461 e. The highest BCUT2D eigenvalue weighted by atomic mass is 35.5. The maximum absolute atomic E-state index is 5.56. The van der Waals surface area contributed by atoms with Gasteiger partial charge in [-0.25, -0.2) is 15.0 Å².